The van der Waals surface area contributed by atoms with Crippen molar-refractivity contribution in [2.45, 2.75) is 43.7 Å². The van der Waals surface area contributed by atoms with E-state index in [4.69, 9.17) is 0 Å². The summed E-state index contributed by atoms with van der Waals surface area (Å²) in [5.41, 5.74) is 0.386. The van der Waals surface area contributed by atoms with Gasteiger partial charge in [-0.05, 0) is 45.4 Å². The van der Waals surface area contributed by atoms with Crippen LogP contribution in [0.1, 0.15) is 27.2 Å². The summed E-state index contributed by atoms with van der Waals surface area (Å²) in [7, 11) is -0.703. The van der Waals surface area contributed by atoms with Crippen molar-refractivity contribution in [3.8, 4) is 11.1 Å². The zero-order chi connectivity index (χ0) is 23.8. The van der Waals surface area contributed by atoms with Crippen LogP contribution >= 0.6 is 0 Å². The number of rotatable bonds is 5. The number of carboxylic acid groups (broad SMARTS) is 1. The van der Waals surface area contributed by atoms with Gasteiger partial charge in [0, 0.05) is 43.5 Å². The lowest BCUT2D eigenvalue weighted by Gasteiger charge is -2.36. The van der Waals surface area contributed by atoms with Crippen molar-refractivity contribution in [2.24, 2.45) is 0 Å². The van der Waals surface area contributed by atoms with Crippen LogP contribution in [0, 0.1) is 0 Å². The number of aromatic nitrogens is 1. The lowest BCUT2D eigenvalue weighted by Crippen LogP contribution is -2.54. The molecule has 0 bridgehead atoms. The Morgan fingerprint density at radius 3 is 2.34 bits per heavy atom. The van der Waals surface area contributed by atoms with Crippen LogP contribution in [0.4, 0.5) is 10.6 Å². The van der Waals surface area contributed by atoms with Crippen LogP contribution < -0.4 is 4.90 Å². The number of pyridine rings is 1. The van der Waals surface area contributed by atoms with Crippen LogP contribution in [-0.2, 0) is 14.8 Å². The maximum absolute atomic E-state index is 13.0. The van der Waals surface area contributed by atoms with Crippen LogP contribution in [0.3, 0.4) is 0 Å². The van der Waals surface area contributed by atoms with E-state index in [1.54, 1.807) is 57.2 Å². The Morgan fingerprint density at radius 2 is 1.81 bits per heavy atom. The zero-order valence-electron chi connectivity index (χ0n) is 18.8. The molecular formula is C22H28N4O5S. The van der Waals surface area contributed by atoms with Gasteiger partial charge in [-0.3, -0.25) is 14.6 Å². The molecule has 2 amide bonds. The van der Waals surface area contributed by atoms with Crippen LogP contribution in [0.15, 0.2) is 47.5 Å². The van der Waals surface area contributed by atoms with Gasteiger partial charge in [-0.1, -0.05) is 18.2 Å². The molecule has 32 heavy (non-hydrogen) atoms. The summed E-state index contributed by atoms with van der Waals surface area (Å²) in [6.45, 7) is 5.61. The highest BCUT2D eigenvalue weighted by atomic mass is 32.2. The third kappa shape index (κ3) is 4.33. The Balaban J connectivity index is 1.90. The molecule has 1 aromatic carbocycles. The summed E-state index contributed by atoms with van der Waals surface area (Å²) < 4.78 is 26.5. The molecule has 0 saturated carbocycles. The quantitative estimate of drug-likeness (QED) is 0.734. The number of nitrogens with zero attached hydrogens (tertiary/aromatic N) is 4. The Kier molecular flexibility index (Phi) is 6.30. The van der Waals surface area contributed by atoms with Crippen molar-refractivity contribution in [1.82, 2.24) is 14.2 Å². The number of carbonyl (C=O) groups excluding carboxylic acids is 1. The van der Waals surface area contributed by atoms with Gasteiger partial charge < -0.3 is 5.11 Å². The van der Waals surface area contributed by atoms with E-state index in [9.17, 15) is 23.1 Å². The third-order valence-electron chi connectivity index (χ3n) is 5.40. The molecule has 0 aliphatic carbocycles. The van der Waals surface area contributed by atoms with Gasteiger partial charge >= 0.3 is 6.09 Å². The Labute approximate surface area is 188 Å². The van der Waals surface area contributed by atoms with Crippen molar-refractivity contribution in [3.05, 3.63) is 42.6 Å². The molecule has 1 saturated heterocycles. The third-order valence-corrected chi connectivity index (χ3v) is 7.27. The second-order valence-electron chi connectivity index (χ2n) is 8.81. The molecule has 1 fully saturated rings. The van der Waals surface area contributed by atoms with Gasteiger partial charge in [0.15, 0.2) is 0 Å². The Morgan fingerprint density at radius 1 is 1.16 bits per heavy atom. The van der Waals surface area contributed by atoms with E-state index in [2.05, 4.69) is 4.98 Å². The molecule has 1 aromatic heterocycles. The predicted octanol–water partition coefficient (Wildman–Crippen LogP) is 2.88. The van der Waals surface area contributed by atoms with E-state index < -0.39 is 27.7 Å². The number of hydrogen-bond acceptors (Lipinski definition) is 5. The van der Waals surface area contributed by atoms with Crippen molar-refractivity contribution in [2.75, 3.05) is 25.5 Å². The van der Waals surface area contributed by atoms with Gasteiger partial charge in [0.1, 0.15) is 11.9 Å². The summed E-state index contributed by atoms with van der Waals surface area (Å²) in [6, 6.07) is 9.24. The van der Waals surface area contributed by atoms with Gasteiger partial charge in [0.2, 0.25) is 10.0 Å². The summed E-state index contributed by atoms with van der Waals surface area (Å²) in [6.07, 6.45) is 0.758. The largest absolute Gasteiger partial charge is 0.465 e. The molecule has 3 rings (SSSR count). The Hall–Kier alpha value is -2.98. The van der Waals surface area contributed by atoms with Gasteiger partial charge in [0.05, 0.1) is 4.90 Å². The van der Waals surface area contributed by atoms with Gasteiger partial charge in [-0.15, -0.1) is 0 Å². The normalized spacial score (nSPS) is 17.1. The van der Waals surface area contributed by atoms with Crippen LogP contribution in [0.2, 0.25) is 0 Å². The fourth-order valence-corrected chi connectivity index (χ4v) is 4.96. The molecule has 172 valence electrons. The number of carbonyl (C=O) groups is 2. The number of hydrogen-bond donors (Lipinski definition) is 1. The van der Waals surface area contributed by atoms with E-state index in [1.807, 2.05) is 0 Å². The van der Waals surface area contributed by atoms with Crippen LogP contribution in [0.5, 0.6) is 0 Å². The lowest BCUT2D eigenvalue weighted by atomic mass is 10.0. The molecule has 0 radical (unpaired) electrons. The second kappa shape index (κ2) is 8.51. The summed E-state index contributed by atoms with van der Waals surface area (Å²) in [5, 5.41) is 9.62. The maximum Gasteiger partial charge on any atom is 0.408 e. The van der Waals surface area contributed by atoms with Crippen molar-refractivity contribution in [3.63, 3.8) is 0 Å². The average Bonchev–Trinajstić information content (AvgIpc) is 3.07. The van der Waals surface area contributed by atoms with Gasteiger partial charge in [0.25, 0.3) is 5.91 Å². The first-order valence-electron chi connectivity index (χ1n) is 10.2. The second-order valence-corrected chi connectivity index (χ2v) is 10.9. The molecule has 10 heteroatoms. The summed E-state index contributed by atoms with van der Waals surface area (Å²) >= 11 is 0. The Bertz CT molecular complexity index is 1120. The first-order valence-corrected chi connectivity index (χ1v) is 11.6. The number of amides is 2. The molecular weight excluding hydrogens is 432 g/mol. The molecule has 2 heterocycles. The highest BCUT2D eigenvalue weighted by Gasteiger charge is 2.43. The molecule has 1 N–H and O–H groups in total. The molecule has 0 unspecified atom stereocenters. The van der Waals surface area contributed by atoms with Crippen molar-refractivity contribution in [1.29, 1.82) is 0 Å². The van der Waals surface area contributed by atoms with Crippen LogP contribution in [-0.4, -0.2) is 71.9 Å². The molecule has 1 aliphatic rings. The fourth-order valence-electron chi connectivity index (χ4n) is 3.85. The summed E-state index contributed by atoms with van der Waals surface area (Å²) in [5.74, 6) is 0.0756. The predicted molar refractivity (Wildman–Crippen MR) is 121 cm³/mol. The SMILES string of the molecule is CN(C)S(=O)(=O)c1ccccc1-c1ccc(N2CC[C@H](N(C(=O)O)C(C)(C)C)C2=O)nc1. The lowest BCUT2D eigenvalue weighted by molar-refractivity contribution is -0.122. The molecule has 1 aliphatic heterocycles. The highest BCUT2D eigenvalue weighted by molar-refractivity contribution is 7.89. The van der Waals surface area contributed by atoms with Crippen molar-refractivity contribution >= 4 is 27.8 Å². The number of anilines is 1. The standard InChI is InChI=1S/C22H28N4O5S/c1-22(2,3)26(21(28)29)17-12-13-25(20(17)27)19-11-10-15(14-23-19)16-8-6-7-9-18(16)32(30,31)24(4)5/h6-11,14,17H,12-13H2,1-5H3,(H,28,29)/t17-/m0/s1. The van der Waals surface area contributed by atoms with E-state index in [0.717, 1.165) is 4.31 Å². The first-order chi connectivity index (χ1) is 14.9. The van der Waals surface area contributed by atoms with E-state index in [1.165, 1.54) is 30.1 Å². The monoisotopic (exact) mass is 460 g/mol. The minimum atomic E-state index is -3.65. The number of sulfonamides is 1. The van der Waals surface area contributed by atoms with Crippen LogP contribution in [0.25, 0.3) is 11.1 Å². The van der Waals surface area contributed by atoms with E-state index >= 15 is 0 Å². The average molecular weight is 461 g/mol. The molecule has 0 spiro atoms. The van der Waals surface area contributed by atoms with E-state index in [0.29, 0.717) is 29.9 Å². The summed E-state index contributed by atoms with van der Waals surface area (Å²) in [4.78, 5) is 32.0. The van der Waals surface area contributed by atoms with Gasteiger partial charge in [-0.2, -0.15) is 0 Å². The zero-order valence-corrected chi connectivity index (χ0v) is 19.6. The topological polar surface area (TPSA) is 111 Å². The highest BCUT2D eigenvalue weighted by Crippen LogP contribution is 2.31. The van der Waals surface area contributed by atoms with Crippen molar-refractivity contribution < 1.29 is 23.1 Å². The first kappa shape index (κ1) is 23.7. The van der Waals surface area contributed by atoms with Gasteiger partial charge in [-0.25, -0.2) is 22.5 Å². The minimum Gasteiger partial charge on any atom is -0.465 e. The smallest absolute Gasteiger partial charge is 0.408 e. The molecule has 2 aromatic rings. The maximum atomic E-state index is 13.0. The number of benzene rings is 1. The fraction of sp³-hybridized carbons (Fsp3) is 0.409. The molecule has 9 nitrogen and oxygen atoms in total. The minimum absolute atomic E-state index is 0.166. The molecule has 1 atom stereocenters. The van der Waals surface area contributed by atoms with E-state index in [-0.39, 0.29) is 10.8 Å².